The fourth-order valence-corrected chi connectivity index (χ4v) is 2.40. The Morgan fingerprint density at radius 2 is 2.17 bits per heavy atom. The predicted molar refractivity (Wildman–Crippen MR) is 77.1 cm³/mol. The number of aromatic amines is 1. The highest BCUT2D eigenvalue weighted by Crippen LogP contribution is 2.20. The number of aromatic nitrogens is 2. The van der Waals surface area contributed by atoms with Gasteiger partial charge >= 0.3 is 0 Å². The summed E-state index contributed by atoms with van der Waals surface area (Å²) in [6.45, 7) is 3.74. The molecule has 0 radical (unpaired) electrons. The van der Waals surface area contributed by atoms with Gasteiger partial charge in [0.05, 0.1) is 9.26 Å². The molecule has 0 atom stereocenters. The van der Waals surface area contributed by atoms with Crippen molar-refractivity contribution in [1.29, 1.82) is 0 Å². The van der Waals surface area contributed by atoms with E-state index >= 15 is 0 Å². The summed E-state index contributed by atoms with van der Waals surface area (Å²) in [6.07, 6.45) is 0.690. The van der Waals surface area contributed by atoms with Gasteiger partial charge in [0.1, 0.15) is 11.6 Å². The lowest BCUT2D eigenvalue weighted by molar-refractivity contribution is 0.627. The number of H-pyrrole nitrogens is 1. The van der Waals surface area contributed by atoms with Gasteiger partial charge in [-0.3, -0.25) is 4.79 Å². The molecule has 1 aromatic heterocycles. The van der Waals surface area contributed by atoms with Crippen molar-refractivity contribution in [2.45, 2.75) is 20.3 Å². The summed E-state index contributed by atoms with van der Waals surface area (Å²) >= 11 is 1.99. The van der Waals surface area contributed by atoms with E-state index in [9.17, 15) is 9.18 Å². The van der Waals surface area contributed by atoms with Gasteiger partial charge < -0.3 is 4.98 Å². The first kappa shape index (κ1) is 13.2. The van der Waals surface area contributed by atoms with Gasteiger partial charge in [-0.25, -0.2) is 9.37 Å². The first-order valence-corrected chi connectivity index (χ1v) is 6.66. The Labute approximate surface area is 118 Å². The molecule has 5 heteroatoms. The Morgan fingerprint density at radius 1 is 1.44 bits per heavy atom. The number of benzene rings is 1. The van der Waals surface area contributed by atoms with Gasteiger partial charge in [-0.1, -0.05) is 6.92 Å². The number of hydrogen-bond donors (Lipinski definition) is 1. The molecule has 18 heavy (non-hydrogen) atoms. The number of rotatable bonds is 2. The second kappa shape index (κ2) is 5.17. The topological polar surface area (TPSA) is 45.8 Å². The molecule has 0 fully saturated rings. The van der Waals surface area contributed by atoms with Gasteiger partial charge in [-0.05, 0) is 59.7 Å². The van der Waals surface area contributed by atoms with E-state index < -0.39 is 0 Å². The third kappa shape index (κ3) is 2.45. The lowest BCUT2D eigenvalue weighted by Gasteiger charge is -2.07. The summed E-state index contributed by atoms with van der Waals surface area (Å²) < 4.78 is 13.7. The van der Waals surface area contributed by atoms with Crippen LogP contribution in [0, 0.1) is 16.3 Å². The Bertz CT molecular complexity index is 652. The first-order chi connectivity index (χ1) is 8.52. The van der Waals surface area contributed by atoms with E-state index in [0.717, 1.165) is 16.8 Å². The molecule has 2 aromatic rings. The smallest absolute Gasteiger partial charge is 0.264 e. The predicted octanol–water partition coefficient (Wildman–Crippen LogP) is 3.05. The molecule has 0 amide bonds. The molecule has 0 aliphatic heterocycles. The minimum absolute atomic E-state index is 0.152. The average molecular weight is 358 g/mol. The maximum atomic E-state index is 13.1. The summed E-state index contributed by atoms with van der Waals surface area (Å²) in [6, 6.07) is 4.43. The minimum atomic E-state index is -0.292. The maximum Gasteiger partial charge on any atom is 0.264 e. The highest BCUT2D eigenvalue weighted by molar-refractivity contribution is 14.1. The Kier molecular flexibility index (Phi) is 3.79. The van der Waals surface area contributed by atoms with E-state index in [4.69, 9.17) is 0 Å². The van der Waals surface area contributed by atoms with Crippen LogP contribution in [0.2, 0.25) is 0 Å². The molecule has 0 saturated heterocycles. The van der Waals surface area contributed by atoms with Gasteiger partial charge in [-0.2, -0.15) is 0 Å². The average Bonchev–Trinajstić information content (AvgIpc) is 2.32. The molecular formula is C13H12FIN2O. The zero-order valence-corrected chi connectivity index (χ0v) is 12.2. The summed E-state index contributed by atoms with van der Waals surface area (Å²) in [5, 5.41) is 0. The Morgan fingerprint density at radius 3 is 2.78 bits per heavy atom. The lowest BCUT2D eigenvalue weighted by Crippen LogP contribution is -2.16. The quantitative estimate of drug-likeness (QED) is 0.839. The van der Waals surface area contributed by atoms with Crippen molar-refractivity contribution in [2.75, 3.05) is 0 Å². The van der Waals surface area contributed by atoms with Crippen LogP contribution in [0.25, 0.3) is 11.4 Å². The van der Waals surface area contributed by atoms with Crippen LogP contribution in [0.4, 0.5) is 4.39 Å². The van der Waals surface area contributed by atoms with Gasteiger partial charge in [-0.15, -0.1) is 0 Å². The van der Waals surface area contributed by atoms with Crippen LogP contribution in [0.5, 0.6) is 0 Å². The second-order valence-electron chi connectivity index (χ2n) is 3.99. The van der Waals surface area contributed by atoms with Crippen molar-refractivity contribution in [3.8, 4) is 11.4 Å². The van der Waals surface area contributed by atoms with Crippen LogP contribution in [0.3, 0.4) is 0 Å². The summed E-state index contributed by atoms with van der Waals surface area (Å²) in [7, 11) is 0. The molecule has 0 spiro atoms. The molecule has 94 valence electrons. The Balaban J connectivity index is 2.64. The van der Waals surface area contributed by atoms with Gasteiger partial charge in [0, 0.05) is 5.56 Å². The van der Waals surface area contributed by atoms with Crippen molar-refractivity contribution in [3.63, 3.8) is 0 Å². The monoisotopic (exact) mass is 358 g/mol. The van der Waals surface area contributed by atoms with Crippen LogP contribution < -0.4 is 5.56 Å². The van der Waals surface area contributed by atoms with Crippen molar-refractivity contribution in [2.24, 2.45) is 0 Å². The summed E-state index contributed by atoms with van der Waals surface area (Å²) in [4.78, 5) is 19.0. The van der Waals surface area contributed by atoms with Crippen molar-refractivity contribution in [1.82, 2.24) is 9.97 Å². The molecule has 0 saturated carbocycles. The highest BCUT2D eigenvalue weighted by atomic mass is 127. The third-order valence-electron chi connectivity index (χ3n) is 2.71. The number of nitrogens with one attached hydrogen (secondary N) is 1. The number of nitrogens with zero attached hydrogens (tertiary/aromatic N) is 1. The SMILES string of the molecule is CCc1nc(-c2ccc(F)cc2C)[nH]c(=O)c1I. The molecule has 1 heterocycles. The van der Waals surface area contributed by atoms with Gasteiger partial charge in [0.25, 0.3) is 5.56 Å². The first-order valence-electron chi connectivity index (χ1n) is 5.58. The van der Waals surface area contributed by atoms with Crippen LogP contribution in [-0.4, -0.2) is 9.97 Å². The maximum absolute atomic E-state index is 13.1. The van der Waals surface area contributed by atoms with Crippen LogP contribution in [0.1, 0.15) is 18.2 Å². The fraction of sp³-hybridized carbons (Fsp3) is 0.231. The molecule has 0 aliphatic carbocycles. The molecule has 3 nitrogen and oxygen atoms in total. The van der Waals surface area contributed by atoms with Crippen molar-refractivity contribution < 1.29 is 4.39 Å². The molecule has 1 N–H and O–H groups in total. The molecule has 0 unspecified atom stereocenters. The van der Waals surface area contributed by atoms with E-state index in [1.807, 2.05) is 29.5 Å². The number of hydrogen-bond acceptors (Lipinski definition) is 2. The lowest BCUT2D eigenvalue weighted by atomic mass is 10.1. The van der Waals surface area contributed by atoms with Crippen LogP contribution in [-0.2, 0) is 6.42 Å². The van der Waals surface area contributed by atoms with Gasteiger partial charge in [0.15, 0.2) is 0 Å². The highest BCUT2D eigenvalue weighted by Gasteiger charge is 2.10. The third-order valence-corrected chi connectivity index (χ3v) is 3.82. The van der Waals surface area contributed by atoms with Crippen molar-refractivity contribution >= 4 is 22.6 Å². The number of aryl methyl sites for hydroxylation is 2. The zero-order chi connectivity index (χ0) is 13.3. The van der Waals surface area contributed by atoms with Crippen molar-refractivity contribution in [3.05, 3.63) is 49.2 Å². The molecule has 0 aliphatic rings. The van der Waals surface area contributed by atoms with Gasteiger partial charge in [0.2, 0.25) is 0 Å². The van der Waals surface area contributed by atoms with E-state index in [0.29, 0.717) is 15.8 Å². The summed E-state index contributed by atoms with van der Waals surface area (Å²) in [5.74, 6) is 0.203. The molecule has 2 rings (SSSR count). The molecular weight excluding hydrogens is 346 g/mol. The van der Waals surface area contributed by atoms with E-state index in [1.165, 1.54) is 12.1 Å². The summed E-state index contributed by atoms with van der Waals surface area (Å²) in [5.41, 5.74) is 2.11. The standard InChI is InChI=1S/C13H12FIN2O/c1-3-10-11(15)13(18)17-12(16-10)9-5-4-8(14)6-7(9)2/h4-6H,3H2,1-2H3,(H,16,17,18). The zero-order valence-electron chi connectivity index (χ0n) is 10.1. The minimum Gasteiger partial charge on any atom is -0.306 e. The normalized spacial score (nSPS) is 10.7. The van der Waals surface area contributed by atoms with Crippen LogP contribution >= 0.6 is 22.6 Å². The number of halogens is 2. The van der Waals surface area contributed by atoms with Crippen LogP contribution in [0.15, 0.2) is 23.0 Å². The second-order valence-corrected chi connectivity index (χ2v) is 5.07. The molecule has 0 bridgehead atoms. The fourth-order valence-electron chi connectivity index (χ4n) is 1.76. The van der Waals surface area contributed by atoms with E-state index in [1.54, 1.807) is 13.0 Å². The Hall–Kier alpha value is -1.24. The molecule has 1 aromatic carbocycles. The van der Waals surface area contributed by atoms with E-state index in [2.05, 4.69) is 9.97 Å². The largest absolute Gasteiger partial charge is 0.306 e. The van der Waals surface area contributed by atoms with E-state index in [-0.39, 0.29) is 11.4 Å².